The second-order valence-electron chi connectivity index (χ2n) is 5.90. The summed E-state index contributed by atoms with van der Waals surface area (Å²) in [5, 5.41) is 3.75. The van der Waals surface area contributed by atoms with Crippen molar-refractivity contribution in [2.75, 3.05) is 5.32 Å². The second kappa shape index (κ2) is 4.26. The highest BCUT2D eigenvalue weighted by molar-refractivity contribution is 5.69. The molecule has 4 rings (SSSR count). The molecular weight excluding hydrogens is 256 g/mol. The van der Waals surface area contributed by atoms with E-state index in [-0.39, 0.29) is 5.54 Å². The van der Waals surface area contributed by atoms with Gasteiger partial charge in [-0.25, -0.2) is 0 Å². The maximum Gasteiger partial charge on any atom is 0.101 e. The Bertz CT molecular complexity index is 801. The van der Waals surface area contributed by atoms with Crippen molar-refractivity contribution in [3.8, 4) is 5.69 Å². The Morgan fingerprint density at radius 3 is 2.57 bits per heavy atom. The minimum Gasteiger partial charge on any atom is -0.369 e. The number of hydrogen-bond donors (Lipinski definition) is 1. The van der Waals surface area contributed by atoms with E-state index < -0.39 is 0 Å². The van der Waals surface area contributed by atoms with Crippen LogP contribution in [0.3, 0.4) is 0 Å². The van der Waals surface area contributed by atoms with E-state index >= 15 is 0 Å². The molecule has 1 N–H and O–H groups in total. The van der Waals surface area contributed by atoms with Gasteiger partial charge in [-0.2, -0.15) is 0 Å². The predicted octanol–water partition coefficient (Wildman–Crippen LogP) is 4.47. The molecular formula is C19H18N2. The van der Waals surface area contributed by atoms with Crippen molar-refractivity contribution >= 4 is 5.69 Å². The fraction of sp³-hybridized carbons (Fsp3) is 0.158. The summed E-state index contributed by atoms with van der Waals surface area (Å²) >= 11 is 0. The van der Waals surface area contributed by atoms with Crippen LogP contribution in [0.1, 0.15) is 23.7 Å². The van der Waals surface area contributed by atoms with Gasteiger partial charge in [0.1, 0.15) is 5.54 Å². The Morgan fingerprint density at radius 1 is 0.952 bits per heavy atom. The number of aromatic nitrogens is 1. The Morgan fingerprint density at radius 2 is 1.76 bits per heavy atom. The predicted molar refractivity (Wildman–Crippen MR) is 87.0 cm³/mol. The molecule has 0 aliphatic carbocycles. The minimum atomic E-state index is -0.217. The van der Waals surface area contributed by atoms with Gasteiger partial charge >= 0.3 is 0 Å². The summed E-state index contributed by atoms with van der Waals surface area (Å²) in [7, 11) is 0. The zero-order valence-electron chi connectivity index (χ0n) is 12.3. The summed E-state index contributed by atoms with van der Waals surface area (Å²) in [6.45, 7) is 4.38. The Labute approximate surface area is 125 Å². The van der Waals surface area contributed by atoms with Gasteiger partial charge in [0.2, 0.25) is 0 Å². The summed E-state index contributed by atoms with van der Waals surface area (Å²) in [6, 6.07) is 21.5. The normalized spacial score (nSPS) is 19.5. The van der Waals surface area contributed by atoms with E-state index in [1.54, 1.807) is 0 Å². The molecule has 2 heteroatoms. The lowest BCUT2D eigenvalue weighted by Crippen LogP contribution is -2.38. The number of nitrogens with one attached hydrogen (secondary N) is 1. The monoisotopic (exact) mass is 274 g/mol. The average molecular weight is 274 g/mol. The van der Waals surface area contributed by atoms with Crippen molar-refractivity contribution in [3.05, 3.63) is 83.7 Å². The standard InChI is InChI=1S/C19H18N2/c1-14-10-11-17-16(13-14)20-19(2,15-7-4-3-5-8-15)18-9-6-12-21(17)18/h3-13,20H,1-2H3. The number of aryl methyl sites for hydroxylation is 1. The molecule has 1 aliphatic heterocycles. The van der Waals surface area contributed by atoms with Gasteiger partial charge in [-0.15, -0.1) is 0 Å². The highest BCUT2D eigenvalue weighted by atomic mass is 15.1. The van der Waals surface area contributed by atoms with Crippen LogP contribution in [0.15, 0.2) is 66.9 Å². The number of rotatable bonds is 1. The molecule has 3 aromatic rings. The van der Waals surface area contributed by atoms with Crippen LogP contribution in [-0.2, 0) is 5.54 Å². The largest absolute Gasteiger partial charge is 0.369 e. The first kappa shape index (κ1) is 12.3. The number of hydrogen-bond acceptors (Lipinski definition) is 1. The van der Waals surface area contributed by atoms with Gasteiger partial charge in [0, 0.05) is 6.20 Å². The van der Waals surface area contributed by atoms with Crippen LogP contribution in [0.25, 0.3) is 5.69 Å². The molecule has 0 saturated carbocycles. The Balaban J connectivity index is 1.98. The molecule has 0 radical (unpaired) electrons. The Kier molecular flexibility index (Phi) is 2.49. The van der Waals surface area contributed by atoms with E-state index in [2.05, 4.69) is 90.6 Å². The maximum atomic E-state index is 3.75. The van der Waals surface area contributed by atoms with E-state index in [4.69, 9.17) is 0 Å². The van der Waals surface area contributed by atoms with Crippen LogP contribution in [-0.4, -0.2) is 4.57 Å². The molecule has 1 aromatic heterocycles. The van der Waals surface area contributed by atoms with Gasteiger partial charge < -0.3 is 9.88 Å². The molecule has 104 valence electrons. The lowest BCUT2D eigenvalue weighted by atomic mass is 9.86. The number of nitrogens with zero attached hydrogens (tertiary/aromatic N) is 1. The quantitative estimate of drug-likeness (QED) is 0.692. The van der Waals surface area contributed by atoms with E-state index in [1.165, 1.54) is 28.2 Å². The molecule has 0 amide bonds. The van der Waals surface area contributed by atoms with Crippen molar-refractivity contribution in [3.63, 3.8) is 0 Å². The topological polar surface area (TPSA) is 17.0 Å². The van der Waals surface area contributed by atoms with Crippen LogP contribution >= 0.6 is 0 Å². The molecule has 1 atom stereocenters. The van der Waals surface area contributed by atoms with Crippen LogP contribution < -0.4 is 5.32 Å². The molecule has 21 heavy (non-hydrogen) atoms. The molecule has 1 aliphatic rings. The van der Waals surface area contributed by atoms with Gasteiger partial charge in [-0.05, 0) is 49.2 Å². The fourth-order valence-corrected chi connectivity index (χ4v) is 3.28. The number of fused-ring (bicyclic) bond motifs is 3. The average Bonchev–Trinajstić information content (AvgIpc) is 2.98. The zero-order chi connectivity index (χ0) is 14.4. The van der Waals surface area contributed by atoms with E-state index in [0.29, 0.717) is 0 Å². The first-order valence-corrected chi connectivity index (χ1v) is 7.31. The minimum absolute atomic E-state index is 0.217. The molecule has 1 unspecified atom stereocenters. The molecule has 0 spiro atoms. The second-order valence-corrected chi connectivity index (χ2v) is 5.90. The number of benzene rings is 2. The summed E-state index contributed by atoms with van der Waals surface area (Å²) < 4.78 is 2.29. The van der Waals surface area contributed by atoms with Crippen LogP contribution in [0, 0.1) is 6.92 Å². The third-order valence-electron chi connectivity index (χ3n) is 4.41. The fourth-order valence-electron chi connectivity index (χ4n) is 3.28. The van der Waals surface area contributed by atoms with Crippen molar-refractivity contribution in [1.82, 2.24) is 4.57 Å². The summed E-state index contributed by atoms with van der Waals surface area (Å²) in [6.07, 6.45) is 2.14. The van der Waals surface area contributed by atoms with E-state index in [0.717, 1.165) is 0 Å². The van der Waals surface area contributed by atoms with Crippen molar-refractivity contribution in [2.45, 2.75) is 19.4 Å². The molecule has 2 heterocycles. The van der Waals surface area contributed by atoms with Gasteiger partial charge in [-0.3, -0.25) is 0 Å². The first-order valence-electron chi connectivity index (χ1n) is 7.31. The molecule has 0 saturated heterocycles. The van der Waals surface area contributed by atoms with Crippen molar-refractivity contribution < 1.29 is 0 Å². The third kappa shape index (κ3) is 1.72. The first-order chi connectivity index (χ1) is 10.2. The lowest BCUT2D eigenvalue weighted by molar-refractivity contribution is 0.603. The summed E-state index contributed by atoms with van der Waals surface area (Å²) in [5.74, 6) is 0. The Hall–Kier alpha value is -2.48. The number of anilines is 1. The highest BCUT2D eigenvalue weighted by Crippen LogP contribution is 2.41. The van der Waals surface area contributed by atoms with Crippen molar-refractivity contribution in [1.29, 1.82) is 0 Å². The SMILES string of the molecule is Cc1ccc2c(c1)NC(C)(c1ccccc1)c1cccn1-2. The van der Waals surface area contributed by atoms with E-state index in [1.807, 2.05) is 0 Å². The molecule has 0 fully saturated rings. The third-order valence-corrected chi connectivity index (χ3v) is 4.41. The van der Waals surface area contributed by atoms with Gasteiger partial charge in [0.05, 0.1) is 17.1 Å². The lowest BCUT2D eigenvalue weighted by Gasteiger charge is -2.39. The van der Waals surface area contributed by atoms with Gasteiger partial charge in [0.25, 0.3) is 0 Å². The van der Waals surface area contributed by atoms with Crippen LogP contribution in [0.2, 0.25) is 0 Å². The zero-order valence-corrected chi connectivity index (χ0v) is 12.3. The summed E-state index contributed by atoms with van der Waals surface area (Å²) in [4.78, 5) is 0. The van der Waals surface area contributed by atoms with Gasteiger partial charge in [-0.1, -0.05) is 36.4 Å². The molecule has 0 bridgehead atoms. The molecule has 2 aromatic carbocycles. The maximum absolute atomic E-state index is 3.75. The van der Waals surface area contributed by atoms with Crippen LogP contribution in [0.4, 0.5) is 5.69 Å². The molecule has 2 nitrogen and oxygen atoms in total. The highest BCUT2D eigenvalue weighted by Gasteiger charge is 2.35. The van der Waals surface area contributed by atoms with Gasteiger partial charge in [0.15, 0.2) is 0 Å². The smallest absolute Gasteiger partial charge is 0.101 e. The summed E-state index contributed by atoms with van der Waals surface area (Å²) in [5.41, 5.74) is 6.00. The van der Waals surface area contributed by atoms with E-state index in [9.17, 15) is 0 Å². The van der Waals surface area contributed by atoms with Crippen molar-refractivity contribution in [2.24, 2.45) is 0 Å². The van der Waals surface area contributed by atoms with Crippen LogP contribution in [0.5, 0.6) is 0 Å².